The molecule has 0 saturated carbocycles. The lowest BCUT2D eigenvalue weighted by atomic mass is 10.0. The van der Waals surface area contributed by atoms with Crippen molar-refractivity contribution in [1.82, 2.24) is 0 Å². The largest absolute Gasteiger partial charge is 0.452 e. The minimum absolute atomic E-state index is 0.539. The molecule has 0 unspecified atom stereocenters. The van der Waals surface area contributed by atoms with Gasteiger partial charge in [0.05, 0.1) is 9.73 Å². The Morgan fingerprint density at radius 3 is 2.50 bits per heavy atom. The van der Waals surface area contributed by atoms with Gasteiger partial charge in [-0.1, -0.05) is 36.6 Å². The van der Waals surface area contributed by atoms with Crippen LogP contribution in [0.4, 0.5) is 0 Å². The van der Waals surface area contributed by atoms with E-state index in [2.05, 4.69) is 12.2 Å². The fourth-order valence-electron chi connectivity index (χ4n) is 1.02. The number of ether oxygens (including phenoxy) is 1. The third-order valence-corrected chi connectivity index (χ3v) is 2.70. The van der Waals surface area contributed by atoms with Crippen molar-refractivity contribution in [3.63, 3.8) is 0 Å². The van der Waals surface area contributed by atoms with Crippen LogP contribution in [0.15, 0.2) is 35.6 Å². The van der Waals surface area contributed by atoms with Crippen molar-refractivity contribution in [1.29, 1.82) is 0 Å². The standard InChI is InChI=1S/C10H8OS3/c1-2-3-7-4-5-8(11-6-12)10(14)9(7)13/h2-6H,1H3/b3-2+. The molecule has 0 heterocycles. The van der Waals surface area contributed by atoms with Crippen LogP contribution in [-0.4, -0.2) is 15.3 Å². The van der Waals surface area contributed by atoms with Gasteiger partial charge in [0, 0.05) is 0 Å². The Labute approximate surface area is 99.1 Å². The first-order valence-corrected chi connectivity index (χ1v) is 5.23. The zero-order chi connectivity index (χ0) is 10.6. The molecule has 0 fully saturated rings. The Morgan fingerprint density at radius 1 is 1.21 bits per heavy atom. The van der Waals surface area contributed by atoms with Crippen molar-refractivity contribution >= 4 is 51.9 Å². The number of thiocarbonyl (C=S) groups is 3. The zero-order valence-electron chi connectivity index (χ0n) is 7.52. The van der Waals surface area contributed by atoms with Gasteiger partial charge in [0.25, 0.3) is 0 Å². The molecule has 0 aliphatic heterocycles. The lowest BCUT2D eigenvalue weighted by Crippen LogP contribution is -2.18. The van der Waals surface area contributed by atoms with Gasteiger partial charge in [-0.15, -0.1) is 0 Å². The van der Waals surface area contributed by atoms with Gasteiger partial charge in [-0.2, -0.15) is 0 Å². The molecule has 0 atom stereocenters. The smallest absolute Gasteiger partial charge is 0.154 e. The number of allylic oxidation sites excluding steroid dienone is 6. The average Bonchev–Trinajstić information content (AvgIpc) is 2.18. The number of hydrogen-bond donors (Lipinski definition) is 0. The van der Waals surface area contributed by atoms with E-state index in [1.807, 2.05) is 25.2 Å². The van der Waals surface area contributed by atoms with Crippen molar-refractivity contribution in [2.24, 2.45) is 0 Å². The van der Waals surface area contributed by atoms with Gasteiger partial charge in [-0.05, 0) is 36.9 Å². The second-order valence-electron chi connectivity index (χ2n) is 2.53. The van der Waals surface area contributed by atoms with Crippen LogP contribution in [0.5, 0.6) is 0 Å². The summed E-state index contributed by atoms with van der Waals surface area (Å²) in [7, 11) is 0. The molecule has 0 aromatic rings. The predicted octanol–water partition coefficient (Wildman–Crippen LogP) is 3.10. The van der Waals surface area contributed by atoms with E-state index in [0.29, 0.717) is 15.5 Å². The van der Waals surface area contributed by atoms with E-state index in [-0.39, 0.29) is 0 Å². The molecule has 0 amide bonds. The molecule has 4 heteroatoms. The Hall–Kier alpha value is -0.710. The van der Waals surface area contributed by atoms with Gasteiger partial charge in [0.1, 0.15) is 5.76 Å². The Balaban J connectivity index is 3.01. The van der Waals surface area contributed by atoms with Crippen LogP contribution in [0.25, 0.3) is 0 Å². The summed E-state index contributed by atoms with van der Waals surface area (Å²) in [6, 6.07) is 0. The molecule has 0 aromatic heterocycles. The Bertz CT molecular complexity index is 375. The van der Waals surface area contributed by atoms with Crippen LogP contribution in [0.3, 0.4) is 0 Å². The Kier molecular flexibility index (Phi) is 4.25. The van der Waals surface area contributed by atoms with Gasteiger partial charge in [0.2, 0.25) is 0 Å². The molecular weight excluding hydrogens is 232 g/mol. The van der Waals surface area contributed by atoms with Gasteiger partial charge in [-0.25, -0.2) is 0 Å². The van der Waals surface area contributed by atoms with Crippen LogP contribution in [0.1, 0.15) is 6.92 Å². The van der Waals surface area contributed by atoms with Crippen LogP contribution >= 0.6 is 36.7 Å². The SMILES string of the molecule is C/C=C/C1=CC=C(OC=S)C(=S)C1=S. The van der Waals surface area contributed by atoms with E-state index in [4.69, 9.17) is 29.2 Å². The van der Waals surface area contributed by atoms with Crippen LogP contribution in [-0.2, 0) is 4.74 Å². The summed E-state index contributed by atoms with van der Waals surface area (Å²) in [5.41, 5.74) is 2.11. The maximum Gasteiger partial charge on any atom is 0.154 e. The molecule has 0 bridgehead atoms. The van der Waals surface area contributed by atoms with Crippen LogP contribution < -0.4 is 0 Å². The summed E-state index contributed by atoms with van der Waals surface area (Å²) in [6.45, 7) is 1.93. The van der Waals surface area contributed by atoms with Crippen molar-refractivity contribution < 1.29 is 4.74 Å². The van der Waals surface area contributed by atoms with Gasteiger partial charge < -0.3 is 4.74 Å². The van der Waals surface area contributed by atoms with Gasteiger partial charge in [-0.3, -0.25) is 0 Å². The number of rotatable bonds is 3. The van der Waals surface area contributed by atoms with Crippen molar-refractivity contribution in [2.45, 2.75) is 6.92 Å². The quantitative estimate of drug-likeness (QED) is 0.701. The molecular formula is C10H8OS3. The van der Waals surface area contributed by atoms with E-state index in [1.54, 1.807) is 6.08 Å². The van der Waals surface area contributed by atoms with E-state index in [9.17, 15) is 0 Å². The van der Waals surface area contributed by atoms with E-state index in [1.165, 1.54) is 5.55 Å². The highest BCUT2D eigenvalue weighted by atomic mass is 32.1. The topological polar surface area (TPSA) is 9.23 Å². The highest BCUT2D eigenvalue weighted by Gasteiger charge is 2.17. The van der Waals surface area contributed by atoms with Gasteiger partial charge in [0.15, 0.2) is 5.55 Å². The molecule has 0 spiro atoms. The first kappa shape index (κ1) is 11.4. The van der Waals surface area contributed by atoms with Crippen LogP contribution in [0.2, 0.25) is 0 Å². The maximum atomic E-state index is 5.18. The molecule has 0 N–H and O–H groups in total. The molecule has 72 valence electrons. The second kappa shape index (κ2) is 5.24. The summed E-state index contributed by atoms with van der Waals surface area (Å²) in [4.78, 5) is 1.17. The third kappa shape index (κ3) is 2.41. The van der Waals surface area contributed by atoms with Crippen molar-refractivity contribution in [3.8, 4) is 0 Å². The fourth-order valence-corrected chi connectivity index (χ4v) is 1.59. The summed E-state index contributed by atoms with van der Waals surface area (Å²) in [5.74, 6) is 0.549. The second-order valence-corrected chi connectivity index (χ2v) is 3.53. The fraction of sp³-hybridized carbons (Fsp3) is 0.100. The highest BCUT2D eigenvalue weighted by molar-refractivity contribution is 7.90. The molecule has 1 aliphatic rings. The van der Waals surface area contributed by atoms with E-state index < -0.39 is 0 Å². The summed E-state index contributed by atoms with van der Waals surface area (Å²) >= 11 is 14.9. The molecule has 0 radical (unpaired) electrons. The molecule has 0 saturated heterocycles. The van der Waals surface area contributed by atoms with Gasteiger partial charge >= 0.3 is 0 Å². The average molecular weight is 240 g/mol. The zero-order valence-corrected chi connectivity index (χ0v) is 9.97. The molecule has 1 nitrogen and oxygen atoms in total. The van der Waals surface area contributed by atoms with E-state index in [0.717, 1.165) is 5.57 Å². The maximum absolute atomic E-state index is 5.18. The predicted molar refractivity (Wildman–Crippen MR) is 70.9 cm³/mol. The lowest BCUT2D eigenvalue weighted by molar-refractivity contribution is 0.478. The highest BCUT2D eigenvalue weighted by Crippen LogP contribution is 2.16. The molecule has 1 aliphatic carbocycles. The van der Waals surface area contributed by atoms with Crippen molar-refractivity contribution in [3.05, 3.63) is 35.6 Å². The molecule has 0 aromatic carbocycles. The molecule has 14 heavy (non-hydrogen) atoms. The van der Waals surface area contributed by atoms with E-state index >= 15 is 0 Å². The van der Waals surface area contributed by atoms with Crippen molar-refractivity contribution in [2.75, 3.05) is 0 Å². The van der Waals surface area contributed by atoms with Crippen LogP contribution in [0, 0.1) is 0 Å². The summed E-state index contributed by atoms with van der Waals surface area (Å²) in [5, 5.41) is 0. The third-order valence-electron chi connectivity index (χ3n) is 1.63. The normalized spacial score (nSPS) is 16.6. The lowest BCUT2D eigenvalue weighted by Gasteiger charge is -2.13. The first-order chi connectivity index (χ1) is 6.70. The molecule has 1 rings (SSSR count). The monoisotopic (exact) mass is 240 g/mol. The summed E-state index contributed by atoms with van der Waals surface area (Å²) < 4.78 is 5.05. The number of hydrogen-bond acceptors (Lipinski definition) is 4. The Morgan fingerprint density at radius 2 is 1.93 bits per heavy atom. The first-order valence-electron chi connectivity index (χ1n) is 3.94. The minimum atomic E-state index is 0.539. The summed E-state index contributed by atoms with van der Waals surface area (Å²) in [6.07, 6.45) is 7.47. The minimum Gasteiger partial charge on any atom is -0.452 e.